The highest BCUT2D eigenvalue weighted by atomic mass is 16.6. The number of aliphatic hydroxyl groups is 1. The van der Waals surface area contributed by atoms with Crippen LogP contribution in [0, 0.1) is 46.3 Å². The number of hydrogen-bond donors (Lipinski definition) is 1. The highest BCUT2D eigenvalue weighted by Gasteiger charge is 2.80. The lowest BCUT2D eigenvalue weighted by atomic mass is 9.43. The molecule has 0 amide bonds. The molecule has 6 rings (SSSR count). The Labute approximate surface area is 197 Å². The number of rotatable bonds is 2. The molecule has 2 heterocycles. The summed E-state index contributed by atoms with van der Waals surface area (Å²) in [6.45, 7) is 11.6. The number of aliphatic hydroxyl groups excluding tert-OH is 1. The molecular weight excluding hydrogens is 416 g/mol. The summed E-state index contributed by atoms with van der Waals surface area (Å²) in [6.07, 6.45) is 6.23. The van der Waals surface area contributed by atoms with Crippen LogP contribution in [0.3, 0.4) is 0 Å². The van der Waals surface area contributed by atoms with Crippen molar-refractivity contribution in [2.75, 3.05) is 6.61 Å². The van der Waals surface area contributed by atoms with Gasteiger partial charge in [-0.15, -0.1) is 0 Å². The second-order valence-electron chi connectivity index (χ2n) is 12.8. The van der Waals surface area contributed by atoms with Crippen molar-refractivity contribution >= 4 is 11.8 Å². The van der Waals surface area contributed by atoms with Crippen molar-refractivity contribution in [3.63, 3.8) is 0 Å². The summed E-state index contributed by atoms with van der Waals surface area (Å²) in [6, 6.07) is 0. The molecule has 0 unspecified atom stereocenters. The van der Waals surface area contributed by atoms with Gasteiger partial charge in [-0.3, -0.25) is 4.79 Å². The average Bonchev–Trinajstić information content (AvgIpc) is 3.41. The summed E-state index contributed by atoms with van der Waals surface area (Å²) in [5, 5.41) is 10.9. The molecule has 4 saturated carbocycles. The summed E-state index contributed by atoms with van der Waals surface area (Å²) < 4.78 is 11.9. The van der Waals surface area contributed by atoms with Gasteiger partial charge in [0.05, 0.1) is 24.2 Å². The Morgan fingerprint density at radius 1 is 1.06 bits per heavy atom. The van der Waals surface area contributed by atoms with Crippen LogP contribution in [0.5, 0.6) is 0 Å². The molecule has 5 fully saturated rings. The summed E-state index contributed by atoms with van der Waals surface area (Å²) >= 11 is 0. The maximum atomic E-state index is 13.4. The van der Waals surface area contributed by atoms with Crippen LogP contribution in [0.15, 0.2) is 11.1 Å². The van der Waals surface area contributed by atoms with E-state index in [-0.39, 0.29) is 17.5 Å². The van der Waals surface area contributed by atoms with Gasteiger partial charge in [0.15, 0.2) is 0 Å². The van der Waals surface area contributed by atoms with Crippen LogP contribution < -0.4 is 0 Å². The number of ketones is 1. The Balaban J connectivity index is 1.30. The molecule has 1 N–H and O–H groups in total. The topological polar surface area (TPSA) is 76.1 Å². The summed E-state index contributed by atoms with van der Waals surface area (Å²) in [5.41, 5.74) is 1.11. The predicted molar refractivity (Wildman–Crippen MR) is 123 cm³/mol. The second-order valence-corrected chi connectivity index (χ2v) is 12.8. The van der Waals surface area contributed by atoms with Crippen molar-refractivity contribution in [3.8, 4) is 0 Å². The molecule has 6 aliphatic rings. The van der Waals surface area contributed by atoms with Gasteiger partial charge in [0.2, 0.25) is 0 Å². The lowest BCUT2D eigenvalue weighted by molar-refractivity contribution is -0.165. The van der Waals surface area contributed by atoms with Gasteiger partial charge >= 0.3 is 5.97 Å². The van der Waals surface area contributed by atoms with Gasteiger partial charge in [-0.1, -0.05) is 19.4 Å². The number of Topliss-reactive ketones (excluding diaryl/α,β-unsaturated/α-hetero) is 1. The Morgan fingerprint density at radius 2 is 1.82 bits per heavy atom. The van der Waals surface area contributed by atoms with Crippen LogP contribution in [0.2, 0.25) is 0 Å². The average molecular weight is 457 g/mol. The number of carbonyl (C=O) groups is 2. The van der Waals surface area contributed by atoms with E-state index in [1.165, 1.54) is 18.4 Å². The van der Waals surface area contributed by atoms with Gasteiger partial charge in [-0.2, -0.15) is 0 Å². The number of carbonyl (C=O) groups excluding carboxylic acids is 2. The number of fused-ring (bicyclic) bond motifs is 4. The van der Waals surface area contributed by atoms with Gasteiger partial charge in [-0.05, 0) is 94.3 Å². The zero-order chi connectivity index (χ0) is 23.5. The third-order valence-electron chi connectivity index (χ3n) is 12.1. The highest BCUT2D eigenvalue weighted by Crippen LogP contribution is 2.73. The van der Waals surface area contributed by atoms with Crippen molar-refractivity contribution in [1.29, 1.82) is 0 Å². The SMILES string of the molecule is CC1=C(C)[C@H]([C@@H](C)[C@H]2CC[C@H]3[C@@H]4C[C@H]5O[C@]56[C@@H](O)CCC(=O)[C@]6(C)[C@H]4CC[C@]23C)COC1=O. The molecule has 2 aliphatic heterocycles. The van der Waals surface area contributed by atoms with E-state index in [0.717, 1.165) is 24.8 Å². The van der Waals surface area contributed by atoms with E-state index >= 15 is 0 Å². The molecule has 5 heteroatoms. The summed E-state index contributed by atoms with van der Waals surface area (Å²) in [4.78, 5) is 25.4. The molecule has 1 saturated heterocycles. The molecule has 11 atom stereocenters. The van der Waals surface area contributed by atoms with E-state index < -0.39 is 17.1 Å². The van der Waals surface area contributed by atoms with Crippen molar-refractivity contribution in [2.45, 2.75) is 97.4 Å². The number of hydrogen-bond acceptors (Lipinski definition) is 5. The van der Waals surface area contributed by atoms with Crippen LogP contribution >= 0.6 is 0 Å². The highest BCUT2D eigenvalue weighted by molar-refractivity contribution is 5.89. The fraction of sp³-hybridized carbons (Fsp3) is 0.857. The Morgan fingerprint density at radius 3 is 2.58 bits per heavy atom. The minimum Gasteiger partial charge on any atom is -0.462 e. The van der Waals surface area contributed by atoms with Crippen LogP contribution in [-0.4, -0.2) is 41.3 Å². The number of ether oxygens (including phenoxy) is 2. The smallest absolute Gasteiger partial charge is 0.333 e. The van der Waals surface area contributed by atoms with E-state index in [1.54, 1.807) is 0 Å². The molecule has 0 radical (unpaired) electrons. The van der Waals surface area contributed by atoms with Crippen LogP contribution in [0.1, 0.15) is 79.6 Å². The first-order chi connectivity index (χ1) is 15.6. The van der Waals surface area contributed by atoms with Crippen LogP contribution in [-0.2, 0) is 19.1 Å². The molecule has 182 valence electrons. The van der Waals surface area contributed by atoms with Crippen LogP contribution in [0.25, 0.3) is 0 Å². The van der Waals surface area contributed by atoms with Gasteiger partial charge in [0.1, 0.15) is 11.4 Å². The number of esters is 1. The van der Waals surface area contributed by atoms with E-state index in [2.05, 4.69) is 27.7 Å². The normalized spacial score (nSPS) is 54.1. The molecular formula is C28H40O5. The van der Waals surface area contributed by atoms with Gasteiger partial charge in [0, 0.05) is 17.9 Å². The molecule has 0 aromatic rings. The second kappa shape index (κ2) is 6.94. The molecule has 0 bridgehead atoms. The summed E-state index contributed by atoms with van der Waals surface area (Å²) in [7, 11) is 0. The standard InChI is InChI=1S/C28H40O5/c1-14-15(2)25(31)32-13-18(14)16(3)19-6-7-20-17-12-24-28(33-24)23(30)9-8-22(29)27(28,5)21(17)10-11-26(19,20)4/h16-21,23-24,30H,6-13H2,1-5H3/t16-,17+,18-,19-,20+,21+,23+,24-,26-,27+,28-/m1/s1. The quantitative estimate of drug-likeness (QED) is 0.490. The minimum absolute atomic E-state index is 0.0485. The van der Waals surface area contributed by atoms with Crippen molar-refractivity contribution in [1.82, 2.24) is 0 Å². The molecule has 5 nitrogen and oxygen atoms in total. The van der Waals surface area contributed by atoms with Crippen LogP contribution in [0.4, 0.5) is 0 Å². The first-order valence-electron chi connectivity index (χ1n) is 13.3. The maximum absolute atomic E-state index is 13.4. The Hall–Kier alpha value is -1.20. The van der Waals surface area contributed by atoms with Crippen molar-refractivity contribution < 1.29 is 24.2 Å². The molecule has 33 heavy (non-hydrogen) atoms. The van der Waals surface area contributed by atoms with Crippen molar-refractivity contribution in [2.24, 2.45) is 46.3 Å². The number of cyclic esters (lactones) is 1. The first kappa shape index (κ1) is 22.3. The molecule has 0 aromatic heterocycles. The van der Waals surface area contributed by atoms with Gasteiger partial charge in [0.25, 0.3) is 0 Å². The third-order valence-corrected chi connectivity index (χ3v) is 12.1. The molecule has 4 aliphatic carbocycles. The lowest BCUT2D eigenvalue weighted by Crippen LogP contribution is -2.64. The van der Waals surface area contributed by atoms with E-state index in [1.807, 2.05) is 6.92 Å². The largest absolute Gasteiger partial charge is 0.462 e. The van der Waals surface area contributed by atoms with E-state index in [9.17, 15) is 14.7 Å². The van der Waals surface area contributed by atoms with Gasteiger partial charge in [-0.25, -0.2) is 4.79 Å². The van der Waals surface area contributed by atoms with E-state index in [0.29, 0.717) is 60.7 Å². The predicted octanol–water partition coefficient (Wildman–Crippen LogP) is 4.46. The monoisotopic (exact) mass is 456 g/mol. The number of epoxide rings is 1. The molecule has 0 aromatic carbocycles. The van der Waals surface area contributed by atoms with Gasteiger partial charge < -0.3 is 14.6 Å². The Bertz CT molecular complexity index is 939. The summed E-state index contributed by atoms with van der Waals surface area (Å²) in [5.74, 6) is 2.97. The fourth-order valence-electron chi connectivity index (χ4n) is 10.1. The Kier molecular flexibility index (Phi) is 4.68. The zero-order valence-corrected chi connectivity index (χ0v) is 20.9. The molecule has 1 spiro atoms. The maximum Gasteiger partial charge on any atom is 0.333 e. The minimum atomic E-state index is -0.603. The first-order valence-corrected chi connectivity index (χ1v) is 13.3. The fourth-order valence-corrected chi connectivity index (χ4v) is 10.1. The zero-order valence-electron chi connectivity index (χ0n) is 20.9. The van der Waals surface area contributed by atoms with E-state index in [4.69, 9.17) is 9.47 Å². The van der Waals surface area contributed by atoms with Crippen molar-refractivity contribution in [3.05, 3.63) is 11.1 Å². The third kappa shape index (κ3) is 2.56. The lowest BCUT2D eigenvalue weighted by Gasteiger charge is -2.59.